The van der Waals surface area contributed by atoms with Gasteiger partial charge in [0.15, 0.2) is 0 Å². The third kappa shape index (κ3) is 7.71. The molecule has 1 atom stereocenters. The Morgan fingerprint density at radius 2 is 1.45 bits per heavy atom. The number of fused-ring (bicyclic) bond motifs is 1. The van der Waals surface area contributed by atoms with E-state index < -0.39 is 29.7 Å². The van der Waals surface area contributed by atoms with Crippen molar-refractivity contribution in [1.82, 2.24) is 20.4 Å². The first-order valence-electron chi connectivity index (χ1n) is 19.6. The molecule has 4 fully saturated rings. The second kappa shape index (κ2) is 16.0. The van der Waals surface area contributed by atoms with Gasteiger partial charge in [-0.25, -0.2) is 0 Å². The quantitative estimate of drug-likeness (QED) is 0.249. The molecule has 12 nitrogen and oxygen atoms in total. The summed E-state index contributed by atoms with van der Waals surface area (Å²) >= 11 is 6.23. The summed E-state index contributed by atoms with van der Waals surface area (Å²) in [5, 5.41) is 5.97. The van der Waals surface area contributed by atoms with E-state index in [1.165, 1.54) is 0 Å². The average Bonchev–Trinajstić information content (AvgIpc) is 3.46. The maximum atomic E-state index is 13.3. The van der Waals surface area contributed by atoms with Crippen LogP contribution in [-0.4, -0.2) is 103 Å². The lowest BCUT2D eigenvalue weighted by atomic mass is 9.92. The van der Waals surface area contributed by atoms with Crippen LogP contribution in [0.15, 0.2) is 60.7 Å². The Hall–Kier alpha value is -5.38. The van der Waals surface area contributed by atoms with Crippen LogP contribution in [0.5, 0.6) is 5.75 Å². The molecule has 0 bridgehead atoms. The van der Waals surface area contributed by atoms with Gasteiger partial charge in [0, 0.05) is 86.3 Å². The molecule has 4 heterocycles. The molecule has 3 aromatic carbocycles. The van der Waals surface area contributed by atoms with Gasteiger partial charge in [-0.1, -0.05) is 17.5 Å². The Balaban J connectivity index is 0.772. The van der Waals surface area contributed by atoms with Crippen molar-refractivity contribution in [2.24, 2.45) is 0 Å². The molecule has 0 aromatic heterocycles. The van der Waals surface area contributed by atoms with Gasteiger partial charge in [-0.05, 0) is 99.5 Å². The molecular formula is C43H45ClN6O6. The minimum Gasteiger partial charge on any atom is -0.490 e. The van der Waals surface area contributed by atoms with E-state index in [1.54, 1.807) is 24.3 Å². The van der Waals surface area contributed by atoms with E-state index in [0.717, 1.165) is 94.1 Å². The number of amides is 5. The molecule has 13 heteroatoms. The number of nitrogens with one attached hydrogen (secondary N) is 2. The van der Waals surface area contributed by atoms with Crippen LogP contribution in [0, 0.1) is 12.3 Å². The molecule has 3 aromatic rings. The SMILES string of the molecule is C#Cc1ccc(OC2CCC(NC(=O)c3ccc(N4CCN(C5CCN(c6ccc7c(c6)C(=O)N(C6CCC(=O)NC6=O)C7=O)CC5)CC4)cc3)CC2)cc1Cl. The summed E-state index contributed by atoms with van der Waals surface area (Å²) in [6.45, 7) is 5.38. The predicted octanol–water partition coefficient (Wildman–Crippen LogP) is 4.63. The van der Waals surface area contributed by atoms with Crippen molar-refractivity contribution in [3.8, 4) is 18.1 Å². The molecular weight excluding hydrogens is 732 g/mol. The van der Waals surface area contributed by atoms with Gasteiger partial charge in [0.1, 0.15) is 11.8 Å². The van der Waals surface area contributed by atoms with Crippen molar-refractivity contribution < 1.29 is 28.7 Å². The van der Waals surface area contributed by atoms with Gasteiger partial charge in [0.05, 0.1) is 22.3 Å². The molecule has 0 radical (unpaired) electrons. The van der Waals surface area contributed by atoms with Crippen LogP contribution in [0.25, 0.3) is 0 Å². The van der Waals surface area contributed by atoms with Crippen molar-refractivity contribution in [3.63, 3.8) is 0 Å². The van der Waals surface area contributed by atoms with E-state index in [4.69, 9.17) is 22.8 Å². The highest BCUT2D eigenvalue weighted by atomic mass is 35.5. The number of rotatable bonds is 8. The maximum Gasteiger partial charge on any atom is 0.262 e. The molecule has 5 amide bonds. The molecule has 2 N–H and O–H groups in total. The number of ether oxygens (including phenoxy) is 1. The number of imide groups is 2. The summed E-state index contributed by atoms with van der Waals surface area (Å²) in [6.07, 6.45) is 11.1. The topological polar surface area (TPSA) is 132 Å². The van der Waals surface area contributed by atoms with E-state index in [0.29, 0.717) is 39.1 Å². The third-order valence-corrected chi connectivity index (χ3v) is 12.3. The van der Waals surface area contributed by atoms with Crippen molar-refractivity contribution in [3.05, 3.63) is 87.9 Å². The van der Waals surface area contributed by atoms with E-state index in [1.807, 2.05) is 36.4 Å². The van der Waals surface area contributed by atoms with Crippen LogP contribution in [-0.2, 0) is 9.59 Å². The zero-order valence-electron chi connectivity index (χ0n) is 31.2. The zero-order chi connectivity index (χ0) is 38.9. The highest BCUT2D eigenvalue weighted by Crippen LogP contribution is 2.33. The number of hydrogen-bond acceptors (Lipinski definition) is 9. The fraction of sp³-hybridized carbons (Fsp3) is 0.419. The number of benzene rings is 3. The smallest absolute Gasteiger partial charge is 0.262 e. The summed E-state index contributed by atoms with van der Waals surface area (Å²) in [5.74, 6) is 1.25. The molecule has 1 saturated carbocycles. The summed E-state index contributed by atoms with van der Waals surface area (Å²) in [5.41, 5.74) is 3.92. The Bertz CT molecular complexity index is 2080. The van der Waals surface area contributed by atoms with Gasteiger partial charge in [-0.3, -0.25) is 39.1 Å². The van der Waals surface area contributed by atoms with Crippen LogP contribution in [0.3, 0.4) is 0 Å². The van der Waals surface area contributed by atoms with Crippen LogP contribution < -0.4 is 25.2 Å². The lowest BCUT2D eigenvalue weighted by Gasteiger charge is -2.44. The monoisotopic (exact) mass is 776 g/mol. The number of piperidine rings is 2. The fourth-order valence-electron chi connectivity index (χ4n) is 8.79. The van der Waals surface area contributed by atoms with E-state index in [-0.39, 0.29) is 30.9 Å². The van der Waals surface area contributed by atoms with Gasteiger partial charge in [0.2, 0.25) is 11.8 Å². The normalized spacial score (nSPS) is 23.4. The molecule has 1 aliphatic carbocycles. The Morgan fingerprint density at radius 1 is 0.768 bits per heavy atom. The second-order valence-corrected chi connectivity index (χ2v) is 15.7. The molecule has 8 rings (SSSR count). The summed E-state index contributed by atoms with van der Waals surface area (Å²) in [7, 11) is 0. The first-order chi connectivity index (χ1) is 27.1. The molecule has 290 valence electrons. The van der Waals surface area contributed by atoms with Crippen molar-refractivity contribution in [2.45, 2.75) is 75.6 Å². The minimum absolute atomic E-state index is 0.0529. The molecule has 4 aliphatic heterocycles. The number of anilines is 2. The van der Waals surface area contributed by atoms with E-state index in [2.05, 4.69) is 31.3 Å². The number of halogens is 1. The van der Waals surface area contributed by atoms with Crippen LogP contribution in [0.1, 0.15) is 88.0 Å². The number of piperazine rings is 1. The first kappa shape index (κ1) is 37.5. The fourth-order valence-corrected chi connectivity index (χ4v) is 9.01. The van der Waals surface area contributed by atoms with Crippen molar-refractivity contribution >= 4 is 52.5 Å². The molecule has 56 heavy (non-hydrogen) atoms. The number of terminal acetylenes is 1. The highest BCUT2D eigenvalue weighted by Gasteiger charge is 2.45. The van der Waals surface area contributed by atoms with E-state index >= 15 is 0 Å². The van der Waals surface area contributed by atoms with Crippen molar-refractivity contribution in [2.75, 3.05) is 49.1 Å². The molecule has 5 aliphatic rings. The lowest BCUT2D eigenvalue weighted by molar-refractivity contribution is -0.136. The molecule has 3 saturated heterocycles. The first-order valence-corrected chi connectivity index (χ1v) is 20.0. The Labute approximate surface area is 331 Å². The van der Waals surface area contributed by atoms with Crippen LogP contribution in [0.4, 0.5) is 11.4 Å². The van der Waals surface area contributed by atoms with Gasteiger partial charge in [-0.15, -0.1) is 6.42 Å². The van der Waals surface area contributed by atoms with Gasteiger partial charge < -0.3 is 19.9 Å². The summed E-state index contributed by atoms with van der Waals surface area (Å²) in [4.78, 5) is 71.8. The molecule has 1 unspecified atom stereocenters. The maximum absolute atomic E-state index is 13.3. The predicted molar refractivity (Wildman–Crippen MR) is 212 cm³/mol. The van der Waals surface area contributed by atoms with Gasteiger partial charge in [0.25, 0.3) is 17.7 Å². The molecule has 0 spiro atoms. The Kier molecular flexibility index (Phi) is 10.7. The zero-order valence-corrected chi connectivity index (χ0v) is 31.9. The summed E-state index contributed by atoms with van der Waals surface area (Å²) in [6, 6.07) is 18.3. The van der Waals surface area contributed by atoms with Crippen molar-refractivity contribution in [1.29, 1.82) is 0 Å². The third-order valence-electron chi connectivity index (χ3n) is 12.0. The number of carbonyl (C=O) groups excluding carboxylic acids is 5. The Morgan fingerprint density at radius 3 is 2.12 bits per heavy atom. The summed E-state index contributed by atoms with van der Waals surface area (Å²) < 4.78 is 6.14. The number of hydrogen-bond donors (Lipinski definition) is 2. The number of carbonyl (C=O) groups is 5. The lowest BCUT2D eigenvalue weighted by Crippen LogP contribution is -2.54. The van der Waals surface area contributed by atoms with Gasteiger partial charge in [-0.2, -0.15) is 0 Å². The second-order valence-electron chi connectivity index (χ2n) is 15.3. The highest BCUT2D eigenvalue weighted by molar-refractivity contribution is 6.31. The minimum atomic E-state index is -0.971. The average molecular weight is 777 g/mol. The standard InChI is InChI=1S/C43H45ClN6O6/c1-2-27-5-11-34(26-37(27)44)56-33-12-6-29(7-13-33)45-40(52)28-3-8-30(9-4-28)48-21-23-49(24-22-48)31-17-19-47(20-18-31)32-10-14-35-36(25-32)43(55)50(42(35)54)38-15-16-39(51)46-41(38)53/h1,3-5,8-11,14,25-26,29,31,33,38H,6-7,12-13,15-24H2,(H,45,52)(H,46,51,53). The van der Waals surface area contributed by atoms with Crippen LogP contribution >= 0.6 is 11.6 Å². The largest absolute Gasteiger partial charge is 0.490 e. The van der Waals surface area contributed by atoms with E-state index in [9.17, 15) is 24.0 Å². The van der Waals surface area contributed by atoms with Crippen LogP contribution in [0.2, 0.25) is 5.02 Å². The van der Waals surface area contributed by atoms with Gasteiger partial charge >= 0.3 is 0 Å². The number of nitrogens with zero attached hydrogens (tertiary/aromatic N) is 4.